The molecule has 3 nitrogen and oxygen atoms in total. The van der Waals surface area contributed by atoms with Gasteiger partial charge in [-0.25, -0.2) is 13.1 Å². The van der Waals surface area contributed by atoms with E-state index in [1.807, 2.05) is 13.8 Å². The van der Waals surface area contributed by atoms with Crippen LogP contribution in [0.1, 0.15) is 25.1 Å². The molecule has 1 aromatic heterocycles. The molecular weight excluding hydrogens is 390 g/mol. The number of hydrogen-bond acceptors (Lipinski definition) is 3. The van der Waals surface area contributed by atoms with Crippen LogP contribution in [0, 0.1) is 6.92 Å². The number of rotatable bonds is 5. The zero-order chi connectivity index (χ0) is 13.3. The highest BCUT2D eigenvalue weighted by Gasteiger charge is 2.29. The molecule has 0 aliphatic carbocycles. The van der Waals surface area contributed by atoms with Crippen molar-refractivity contribution < 1.29 is 8.42 Å². The van der Waals surface area contributed by atoms with Crippen LogP contribution in [-0.4, -0.2) is 19.3 Å². The van der Waals surface area contributed by atoms with Crippen LogP contribution >= 0.6 is 43.2 Å². The van der Waals surface area contributed by atoms with Crippen molar-refractivity contribution in [2.24, 2.45) is 0 Å². The van der Waals surface area contributed by atoms with Crippen LogP contribution < -0.4 is 4.72 Å². The third kappa shape index (κ3) is 3.76. The molecule has 0 fully saturated rings. The fraction of sp³-hybridized carbons (Fsp3) is 0.600. The fourth-order valence-corrected chi connectivity index (χ4v) is 5.89. The standard InChI is InChI=1S/C10H15Br2NO2S2/c1-4-10(3,6-11)13-17(14,15)8-5-9(12)16-7(8)2/h5,13H,4,6H2,1-3H3. The zero-order valence-electron chi connectivity index (χ0n) is 9.88. The van der Waals surface area contributed by atoms with E-state index in [2.05, 4.69) is 36.6 Å². The van der Waals surface area contributed by atoms with Crippen LogP contribution in [0.15, 0.2) is 14.7 Å². The third-order valence-corrected chi connectivity index (χ3v) is 7.27. The molecule has 1 rings (SSSR count). The van der Waals surface area contributed by atoms with Gasteiger partial charge in [0.05, 0.1) is 8.68 Å². The lowest BCUT2D eigenvalue weighted by Crippen LogP contribution is -2.46. The minimum Gasteiger partial charge on any atom is -0.207 e. The average Bonchev–Trinajstić information content (AvgIpc) is 2.58. The summed E-state index contributed by atoms with van der Waals surface area (Å²) in [4.78, 5) is 1.15. The van der Waals surface area contributed by atoms with Crippen LogP contribution in [0.25, 0.3) is 0 Å². The molecule has 0 aliphatic rings. The first kappa shape index (κ1) is 15.6. The van der Waals surface area contributed by atoms with Gasteiger partial charge in [0.25, 0.3) is 0 Å². The van der Waals surface area contributed by atoms with Crippen molar-refractivity contribution in [2.75, 3.05) is 5.33 Å². The van der Waals surface area contributed by atoms with Crippen LogP contribution in [0.2, 0.25) is 0 Å². The Morgan fingerprint density at radius 3 is 2.47 bits per heavy atom. The third-order valence-electron chi connectivity index (χ3n) is 2.59. The number of sulfonamides is 1. The number of nitrogens with one attached hydrogen (secondary N) is 1. The number of alkyl halides is 1. The monoisotopic (exact) mass is 403 g/mol. The number of hydrogen-bond donors (Lipinski definition) is 1. The average molecular weight is 405 g/mol. The Balaban J connectivity index is 3.09. The molecule has 0 radical (unpaired) electrons. The Labute approximate surface area is 123 Å². The summed E-state index contributed by atoms with van der Waals surface area (Å²) in [7, 11) is -3.45. The van der Waals surface area contributed by atoms with Gasteiger partial charge in [0.2, 0.25) is 10.0 Å². The lowest BCUT2D eigenvalue weighted by molar-refractivity contribution is 0.449. The summed E-state index contributed by atoms with van der Waals surface area (Å²) in [6, 6.07) is 1.65. The summed E-state index contributed by atoms with van der Waals surface area (Å²) in [5.74, 6) is 0. The molecule has 0 aromatic carbocycles. The van der Waals surface area contributed by atoms with E-state index in [9.17, 15) is 8.42 Å². The summed E-state index contributed by atoms with van der Waals surface area (Å²) >= 11 is 8.08. The maximum atomic E-state index is 12.3. The maximum absolute atomic E-state index is 12.3. The van der Waals surface area contributed by atoms with Gasteiger partial charge in [-0.3, -0.25) is 0 Å². The summed E-state index contributed by atoms with van der Waals surface area (Å²) in [5.41, 5.74) is -0.459. The van der Waals surface area contributed by atoms with Crippen molar-refractivity contribution in [1.82, 2.24) is 4.72 Å². The molecule has 0 aliphatic heterocycles. The van der Waals surface area contributed by atoms with E-state index >= 15 is 0 Å². The van der Waals surface area contributed by atoms with Crippen molar-refractivity contribution >= 4 is 53.2 Å². The molecule has 7 heteroatoms. The molecule has 0 bridgehead atoms. The Hall–Kier alpha value is 0.570. The molecule has 0 saturated carbocycles. The van der Waals surface area contributed by atoms with E-state index in [4.69, 9.17) is 0 Å². The van der Waals surface area contributed by atoms with E-state index in [0.29, 0.717) is 10.2 Å². The first-order valence-electron chi connectivity index (χ1n) is 5.10. The fourth-order valence-electron chi connectivity index (χ4n) is 1.27. The summed E-state index contributed by atoms with van der Waals surface area (Å²) in [6.45, 7) is 5.65. The summed E-state index contributed by atoms with van der Waals surface area (Å²) < 4.78 is 28.1. The van der Waals surface area contributed by atoms with Crippen LogP contribution in [0.3, 0.4) is 0 Å². The Bertz CT molecular complexity index is 492. The van der Waals surface area contributed by atoms with Crippen molar-refractivity contribution in [1.29, 1.82) is 0 Å². The van der Waals surface area contributed by atoms with Crippen LogP contribution in [-0.2, 0) is 10.0 Å². The van der Waals surface area contributed by atoms with Gasteiger partial charge in [-0.15, -0.1) is 11.3 Å². The number of aryl methyl sites for hydroxylation is 1. The molecule has 0 spiro atoms. The topological polar surface area (TPSA) is 46.2 Å². The summed E-state index contributed by atoms with van der Waals surface area (Å²) in [6.07, 6.45) is 0.724. The molecule has 1 atom stereocenters. The molecule has 0 amide bonds. The van der Waals surface area contributed by atoms with Gasteiger partial charge in [0.15, 0.2) is 0 Å². The van der Waals surface area contributed by atoms with Crippen LogP contribution in [0.4, 0.5) is 0 Å². The largest absolute Gasteiger partial charge is 0.242 e. The highest BCUT2D eigenvalue weighted by atomic mass is 79.9. The maximum Gasteiger partial charge on any atom is 0.242 e. The molecule has 98 valence electrons. The molecule has 1 heterocycles. The predicted molar refractivity (Wildman–Crippen MR) is 79.6 cm³/mol. The lowest BCUT2D eigenvalue weighted by Gasteiger charge is -2.26. The van der Waals surface area contributed by atoms with E-state index in [1.54, 1.807) is 13.0 Å². The highest BCUT2D eigenvalue weighted by Crippen LogP contribution is 2.30. The molecule has 0 saturated heterocycles. The molecular formula is C10H15Br2NO2S2. The van der Waals surface area contributed by atoms with Gasteiger partial charge in [-0.1, -0.05) is 22.9 Å². The molecule has 17 heavy (non-hydrogen) atoms. The highest BCUT2D eigenvalue weighted by molar-refractivity contribution is 9.11. The van der Waals surface area contributed by atoms with Gasteiger partial charge in [0.1, 0.15) is 0 Å². The second-order valence-corrected chi connectivity index (χ2v) is 8.97. The van der Waals surface area contributed by atoms with E-state index < -0.39 is 15.6 Å². The smallest absolute Gasteiger partial charge is 0.207 e. The van der Waals surface area contributed by atoms with Crippen molar-refractivity contribution in [3.8, 4) is 0 Å². The van der Waals surface area contributed by atoms with Crippen molar-refractivity contribution in [3.05, 3.63) is 14.7 Å². The first-order chi connectivity index (χ1) is 7.74. The second kappa shape index (κ2) is 5.69. The number of thiophene rings is 1. The normalized spacial score (nSPS) is 15.8. The first-order valence-corrected chi connectivity index (χ1v) is 9.31. The van der Waals surface area contributed by atoms with Crippen LogP contribution in [0.5, 0.6) is 0 Å². The minimum absolute atomic E-state index is 0.356. The Morgan fingerprint density at radius 1 is 1.53 bits per heavy atom. The van der Waals surface area contributed by atoms with Crippen molar-refractivity contribution in [3.63, 3.8) is 0 Å². The Morgan fingerprint density at radius 2 is 2.12 bits per heavy atom. The SMILES string of the molecule is CCC(C)(CBr)NS(=O)(=O)c1cc(Br)sc1C. The zero-order valence-corrected chi connectivity index (χ0v) is 14.7. The van der Waals surface area contributed by atoms with Crippen molar-refractivity contribution in [2.45, 2.75) is 37.6 Å². The van der Waals surface area contributed by atoms with Gasteiger partial charge in [-0.05, 0) is 42.3 Å². The second-order valence-electron chi connectivity index (χ2n) is 4.12. The summed E-state index contributed by atoms with van der Waals surface area (Å²) in [5, 5.41) is 0.583. The molecule has 1 unspecified atom stereocenters. The minimum atomic E-state index is -3.45. The predicted octanol–water partition coefficient (Wildman–Crippen LogP) is 3.66. The van der Waals surface area contributed by atoms with Gasteiger partial charge in [0, 0.05) is 15.7 Å². The van der Waals surface area contributed by atoms with Gasteiger partial charge >= 0.3 is 0 Å². The van der Waals surface area contributed by atoms with Gasteiger partial charge in [-0.2, -0.15) is 0 Å². The quantitative estimate of drug-likeness (QED) is 0.761. The van der Waals surface area contributed by atoms with E-state index in [0.717, 1.165) is 15.1 Å². The molecule has 1 N–H and O–H groups in total. The van der Waals surface area contributed by atoms with E-state index in [1.165, 1.54) is 11.3 Å². The molecule has 1 aromatic rings. The number of halogens is 2. The van der Waals surface area contributed by atoms with E-state index in [-0.39, 0.29) is 0 Å². The lowest BCUT2D eigenvalue weighted by atomic mass is 10.0. The van der Waals surface area contributed by atoms with Gasteiger partial charge < -0.3 is 0 Å². The Kier molecular flexibility index (Phi) is 5.23.